The minimum Gasteiger partial charge on any atom is -0.444 e. The smallest absolute Gasteiger partial charge is 0.410 e. The molecule has 2 aromatic carbocycles. The van der Waals surface area contributed by atoms with Crippen LogP contribution in [0.3, 0.4) is 0 Å². The number of rotatable bonds is 3. The van der Waals surface area contributed by atoms with E-state index < -0.39 is 42.1 Å². The second kappa shape index (κ2) is 7.95. The number of aryl methyl sites for hydroxylation is 1. The Morgan fingerprint density at radius 2 is 1.90 bits per heavy atom. The van der Waals surface area contributed by atoms with Crippen LogP contribution in [0.1, 0.15) is 31.9 Å². The van der Waals surface area contributed by atoms with Gasteiger partial charge >= 0.3 is 6.09 Å². The quantitative estimate of drug-likeness (QED) is 0.766. The molecule has 1 saturated heterocycles. The summed E-state index contributed by atoms with van der Waals surface area (Å²) in [6.07, 6.45) is -1.02. The number of alkyl halides is 2. The predicted octanol–water partition coefficient (Wildman–Crippen LogP) is 4.93. The molecule has 0 aromatic heterocycles. The summed E-state index contributed by atoms with van der Waals surface area (Å²) in [6.45, 7) is 6.01. The molecule has 0 spiro atoms. The van der Waals surface area contributed by atoms with Crippen LogP contribution in [0.5, 0.6) is 0 Å². The third-order valence-corrected chi connectivity index (χ3v) is 5.15. The van der Waals surface area contributed by atoms with E-state index in [4.69, 9.17) is 10.5 Å². The molecule has 0 radical (unpaired) electrons. The number of carbonyl (C=O) groups excluding carboxylic acids is 1. The second-order valence-electron chi connectivity index (χ2n) is 8.81. The standard InChI is InChI=1S/C23H27F3N2O2/c1-14-7-5-8-15(11-14)17-10-6-9-16(19(17)24)12-18-20(27)23(25,26)13-28(18)21(29)30-22(2,3)4/h5-11,18,20H,12-13,27H2,1-4H3/t18-,20+/m0/s1. The van der Waals surface area contributed by atoms with E-state index in [0.717, 1.165) is 10.5 Å². The van der Waals surface area contributed by atoms with Crippen LogP contribution >= 0.6 is 0 Å². The minimum absolute atomic E-state index is 0.137. The third-order valence-electron chi connectivity index (χ3n) is 5.15. The molecule has 2 aromatic rings. The Bertz CT molecular complexity index is 940. The maximum Gasteiger partial charge on any atom is 0.410 e. The lowest BCUT2D eigenvalue weighted by atomic mass is 9.95. The molecule has 4 nitrogen and oxygen atoms in total. The van der Waals surface area contributed by atoms with Gasteiger partial charge in [-0.05, 0) is 45.2 Å². The predicted molar refractivity (Wildman–Crippen MR) is 110 cm³/mol. The second-order valence-corrected chi connectivity index (χ2v) is 8.81. The molecule has 1 amide bonds. The zero-order valence-corrected chi connectivity index (χ0v) is 17.6. The Morgan fingerprint density at radius 3 is 2.53 bits per heavy atom. The van der Waals surface area contributed by atoms with E-state index >= 15 is 4.39 Å². The first-order valence-corrected chi connectivity index (χ1v) is 9.86. The molecule has 1 aliphatic heterocycles. The van der Waals surface area contributed by atoms with Crippen LogP contribution in [-0.2, 0) is 11.2 Å². The van der Waals surface area contributed by atoms with E-state index in [-0.39, 0.29) is 12.0 Å². The molecule has 1 fully saturated rings. The molecule has 0 saturated carbocycles. The Hall–Kier alpha value is -2.54. The summed E-state index contributed by atoms with van der Waals surface area (Å²) in [5.41, 5.74) is 7.21. The fourth-order valence-corrected chi connectivity index (χ4v) is 3.68. The lowest BCUT2D eigenvalue weighted by molar-refractivity contribution is -0.00942. The molecule has 3 rings (SSSR count). The summed E-state index contributed by atoms with van der Waals surface area (Å²) in [5, 5.41) is 0. The van der Waals surface area contributed by atoms with Crippen LogP contribution < -0.4 is 5.73 Å². The summed E-state index contributed by atoms with van der Waals surface area (Å²) < 4.78 is 49.3. The van der Waals surface area contributed by atoms with Crippen molar-refractivity contribution in [3.05, 3.63) is 59.4 Å². The van der Waals surface area contributed by atoms with Crippen molar-refractivity contribution < 1.29 is 22.7 Å². The normalized spacial score (nSPS) is 21.0. The molecular formula is C23H27F3N2O2. The molecule has 0 aliphatic carbocycles. The Balaban J connectivity index is 1.93. The molecule has 2 N–H and O–H groups in total. The van der Waals surface area contributed by atoms with E-state index in [1.165, 1.54) is 6.07 Å². The van der Waals surface area contributed by atoms with Gasteiger partial charge in [-0.3, -0.25) is 4.90 Å². The van der Waals surface area contributed by atoms with Crippen molar-refractivity contribution in [3.63, 3.8) is 0 Å². The third kappa shape index (κ3) is 4.61. The van der Waals surface area contributed by atoms with Gasteiger partial charge in [-0.15, -0.1) is 0 Å². The van der Waals surface area contributed by atoms with Gasteiger partial charge in [0.25, 0.3) is 5.92 Å². The highest BCUT2D eigenvalue weighted by Crippen LogP contribution is 2.35. The van der Waals surface area contributed by atoms with Crippen LogP contribution in [0.4, 0.5) is 18.0 Å². The summed E-state index contributed by atoms with van der Waals surface area (Å²) in [7, 11) is 0. The number of hydrogen-bond donors (Lipinski definition) is 1. The lowest BCUT2D eigenvalue weighted by Gasteiger charge is -2.29. The van der Waals surface area contributed by atoms with Crippen LogP contribution in [-0.4, -0.2) is 41.1 Å². The Labute approximate surface area is 174 Å². The molecule has 0 unspecified atom stereocenters. The highest BCUT2D eigenvalue weighted by Gasteiger charge is 2.55. The molecule has 1 aliphatic rings. The van der Waals surface area contributed by atoms with Gasteiger partial charge in [0.2, 0.25) is 0 Å². The van der Waals surface area contributed by atoms with Crippen molar-refractivity contribution in [1.29, 1.82) is 0 Å². The van der Waals surface area contributed by atoms with Gasteiger partial charge < -0.3 is 10.5 Å². The van der Waals surface area contributed by atoms with Crippen LogP contribution in [0.15, 0.2) is 42.5 Å². The van der Waals surface area contributed by atoms with Crippen LogP contribution in [0.2, 0.25) is 0 Å². The topological polar surface area (TPSA) is 55.6 Å². The molecule has 1 heterocycles. The minimum atomic E-state index is -3.29. The first-order valence-electron chi connectivity index (χ1n) is 9.86. The van der Waals surface area contributed by atoms with Crippen molar-refractivity contribution in [2.45, 2.75) is 57.7 Å². The maximum absolute atomic E-state index is 15.3. The fourth-order valence-electron chi connectivity index (χ4n) is 3.68. The van der Waals surface area contributed by atoms with Gasteiger partial charge in [-0.25, -0.2) is 18.0 Å². The van der Waals surface area contributed by atoms with Crippen molar-refractivity contribution >= 4 is 6.09 Å². The number of hydrogen-bond acceptors (Lipinski definition) is 3. The number of ether oxygens (including phenoxy) is 1. The zero-order chi connectivity index (χ0) is 22.3. The van der Waals surface area contributed by atoms with E-state index in [1.807, 2.05) is 25.1 Å². The molecular weight excluding hydrogens is 393 g/mol. The van der Waals surface area contributed by atoms with Gasteiger partial charge in [0.05, 0.1) is 18.6 Å². The number of nitrogens with zero attached hydrogens (tertiary/aromatic N) is 1. The number of carbonyl (C=O) groups is 1. The molecule has 162 valence electrons. The molecule has 0 bridgehead atoms. The van der Waals surface area contributed by atoms with Gasteiger partial charge in [0.15, 0.2) is 0 Å². The monoisotopic (exact) mass is 420 g/mol. The van der Waals surface area contributed by atoms with Crippen LogP contribution in [0, 0.1) is 12.7 Å². The maximum atomic E-state index is 15.3. The van der Waals surface area contributed by atoms with Crippen molar-refractivity contribution in [1.82, 2.24) is 4.90 Å². The van der Waals surface area contributed by atoms with Gasteiger partial charge in [0.1, 0.15) is 11.4 Å². The highest BCUT2D eigenvalue weighted by atomic mass is 19.3. The zero-order valence-electron chi connectivity index (χ0n) is 17.6. The lowest BCUT2D eigenvalue weighted by Crippen LogP contribution is -2.48. The largest absolute Gasteiger partial charge is 0.444 e. The number of nitrogens with two attached hydrogens (primary N) is 1. The van der Waals surface area contributed by atoms with Crippen molar-refractivity contribution in [2.24, 2.45) is 5.73 Å². The van der Waals surface area contributed by atoms with E-state index in [9.17, 15) is 13.6 Å². The number of benzene rings is 2. The summed E-state index contributed by atoms with van der Waals surface area (Å²) in [5.74, 6) is -3.79. The SMILES string of the molecule is Cc1cccc(-c2cccc(C[C@H]3[C@@H](N)C(F)(F)CN3C(=O)OC(C)(C)C)c2F)c1. The Kier molecular flexibility index (Phi) is 5.87. The Morgan fingerprint density at radius 1 is 1.23 bits per heavy atom. The number of likely N-dealkylation sites (tertiary alicyclic amines) is 1. The van der Waals surface area contributed by atoms with Crippen molar-refractivity contribution in [2.75, 3.05) is 6.54 Å². The number of halogens is 3. The van der Waals surface area contributed by atoms with Gasteiger partial charge in [-0.2, -0.15) is 0 Å². The summed E-state index contributed by atoms with van der Waals surface area (Å²) in [4.78, 5) is 13.5. The first-order chi connectivity index (χ1) is 13.9. The molecule has 7 heteroatoms. The average Bonchev–Trinajstić information content (AvgIpc) is 2.86. The van der Waals surface area contributed by atoms with Crippen LogP contribution in [0.25, 0.3) is 11.1 Å². The van der Waals surface area contributed by atoms with E-state index in [1.54, 1.807) is 39.0 Å². The number of amides is 1. The summed E-state index contributed by atoms with van der Waals surface area (Å²) >= 11 is 0. The van der Waals surface area contributed by atoms with E-state index in [2.05, 4.69) is 0 Å². The van der Waals surface area contributed by atoms with E-state index in [0.29, 0.717) is 11.1 Å². The first kappa shape index (κ1) is 22.2. The average molecular weight is 420 g/mol. The molecule has 30 heavy (non-hydrogen) atoms. The van der Waals surface area contributed by atoms with Gasteiger partial charge in [-0.1, -0.05) is 48.0 Å². The summed E-state index contributed by atoms with van der Waals surface area (Å²) in [6, 6.07) is 9.52. The van der Waals surface area contributed by atoms with Gasteiger partial charge in [0, 0.05) is 5.56 Å². The van der Waals surface area contributed by atoms with Crippen molar-refractivity contribution in [3.8, 4) is 11.1 Å². The highest BCUT2D eigenvalue weighted by molar-refractivity contribution is 5.70. The fraction of sp³-hybridized carbons (Fsp3) is 0.435. The molecule has 2 atom stereocenters.